The third kappa shape index (κ3) is 2.61. The average Bonchev–Trinajstić information content (AvgIpc) is 2.46. The lowest BCUT2D eigenvalue weighted by Crippen LogP contribution is -2.40. The number of piperidine rings is 1. The van der Waals surface area contributed by atoms with Crippen molar-refractivity contribution in [3.63, 3.8) is 0 Å². The molecule has 1 aromatic heterocycles. The highest BCUT2D eigenvalue weighted by atomic mass is 16.5. The minimum Gasteiger partial charge on any atom is -0.381 e. The van der Waals surface area contributed by atoms with Crippen molar-refractivity contribution < 1.29 is 9.53 Å². The summed E-state index contributed by atoms with van der Waals surface area (Å²) in [6, 6.07) is 3.60. The van der Waals surface area contributed by atoms with Crippen molar-refractivity contribution >= 4 is 11.7 Å². The molecule has 2 heterocycles. The first-order chi connectivity index (χ1) is 8.76. The Labute approximate surface area is 107 Å². The summed E-state index contributed by atoms with van der Waals surface area (Å²) in [5, 5.41) is 2.95. The highest BCUT2D eigenvalue weighted by Gasteiger charge is 2.24. The molecule has 0 saturated carbocycles. The molecule has 1 fully saturated rings. The van der Waals surface area contributed by atoms with Crippen molar-refractivity contribution in [3.05, 3.63) is 23.9 Å². The summed E-state index contributed by atoms with van der Waals surface area (Å²) in [6.45, 7) is 1.49. The molecule has 0 bridgehead atoms. The monoisotopic (exact) mass is 249 g/mol. The number of ether oxygens (including phenoxy) is 1. The minimum absolute atomic E-state index is 0.0435. The molecule has 1 aliphatic heterocycles. The van der Waals surface area contributed by atoms with E-state index in [2.05, 4.69) is 10.3 Å². The molecule has 1 saturated heterocycles. The number of hydrogen-bond acceptors (Lipinski definition) is 4. The van der Waals surface area contributed by atoms with Crippen LogP contribution in [0.15, 0.2) is 18.3 Å². The number of likely N-dealkylation sites (tertiary alicyclic amines) is 1. The Morgan fingerprint density at radius 3 is 2.83 bits per heavy atom. The number of amides is 1. The number of rotatable bonds is 3. The Bertz CT molecular complexity index is 414. The van der Waals surface area contributed by atoms with Gasteiger partial charge in [-0.25, -0.2) is 4.98 Å². The second-order valence-corrected chi connectivity index (χ2v) is 4.38. The molecule has 0 radical (unpaired) electrons. The number of nitrogens with zero attached hydrogens (tertiary/aromatic N) is 2. The molecular formula is C13H19N3O2. The first-order valence-electron chi connectivity index (χ1n) is 6.21. The first-order valence-corrected chi connectivity index (χ1v) is 6.21. The Morgan fingerprint density at radius 1 is 1.50 bits per heavy atom. The molecule has 98 valence electrons. The SMILES string of the molecule is CNc1ncccc1C(=O)N1CCC(OC)CC1. The van der Waals surface area contributed by atoms with Gasteiger partial charge in [0, 0.05) is 33.4 Å². The highest BCUT2D eigenvalue weighted by Crippen LogP contribution is 2.18. The van der Waals surface area contributed by atoms with E-state index in [0.717, 1.165) is 25.9 Å². The molecule has 0 atom stereocenters. The summed E-state index contributed by atoms with van der Waals surface area (Å²) in [5.74, 6) is 0.679. The van der Waals surface area contributed by atoms with Crippen LogP contribution in [-0.2, 0) is 4.74 Å². The van der Waals surface area contributed by atoms with E-state index in [-0.39, 0.29) is 12.0 Å². The standard InChI is InChI=1S/C13H19N3O2/c1-14-12-11(4-3-7-15-12)13(17)16-8-5-10(18-2)6-9-16/h3-4,7,10H,5-6,8-9H2,1-2H3,(H,14,15). The van der Waals surface area contributed by atoms with Gasteiger partial charge in [-0.15, -0.1) is 0 Å². The van der Waals surface area contributed by atoms with E-state index in [1.165, 1.54) is 0 Å². The number of pyridine rings is 1. The Morgan fingerprint density at radius 2 is 2.22 bits per heavy atom. The molecule has 5 heteroatoms. The summed E-state index contributed by atoms with van der Waals surface area (Å²) >= 11 is 0. The number of nitrogens with one attached hydrogen (secondary N) is 1. The van der Waals surface area contributed by atoms with E-state index >= 15 is 0 Å². The van der Waals surface area contributed by atoms with Gasteiger partial charge >= 0.3 is 0 Å². The molecule has 0 aromatic carbocycles. The van der Waals surface area contributed by atoms with Crippen LogP contribution < -0.4 is 5.32 Å². The number of hydrogen-bond donors (Lipinski definition) is 1. The zero-order valence-electron chi connectivity index (χ0n) is 10.8. The zero-order valence-corrected chi connectivity index (χ0v) is 10.8. The number of methoxy groups -OCH3 is 1. The smallest absolute Gasteiger partial charge is 0.257 e. The predicted molar refractivity (Wildman–Crippen MR) is 69.7 cm³/mol. The van der Waals surface area contributed by atoms with Crippen LogP contribution in [0.3, 0.4) is 0 Å². The quantitative estimate of drug-likeness (QED) is 0.879. The van der Waals surface area contributed by atoms with E-state index in [9.17, 15) is 4.79 Å². The lowest BCUT2D eigenvalue weighted by atomic mass is 10.1. The van der Waals surface area contributed by atoms with Gasteiger partial charge in [0.1, 0.15) is 5.82 Å². The topological polar surface area (TPSA) is 54.5 Å². The Hall–Kier alpha value is -1.62. The predicted octanol–water partition coefficient (Wildman–Crippen LogP) is 1.37. The fraction of sp³-hybridized carbons (Fsp3) is 0.538. The van der Waals surface area contributed by atoms with Crippen LogP contribution in [0.1, 0.15) is 23.2 Å². The van der Waals surface area contributed by atoms with Gasteiger partial charge in [0.25, 0.3) is 5.91 Å². The van der Waals surface area contributed by atoms with Crippen LogP contribution in [0.2, 0.25) is 0 Å². The third-order valence-corrected chi connectivity index (χ3v) is 3.34. The minimum atomic E-state index is 0.0435. The van der Waals surface area contributed by atoms with Crippen molar-refractivity contribution in [2.75, 3.05) is 32.6 Å². The summed E-state index contributed by atoms with van der Waals surface area (Å²) in [7, 11) is 3.50. The van der Waals surface area contributed by atoms with Crippen LogP contribution >= 0.6 is 0 Å². The van der Waals surface area contributed by atoms with Crippen LogP contribution in [0.5, 0.6) is 0 Å². The third-order valence-electron chi connectivity index (χ3n) is 3.34. The molecule has 1 aliphatic rings. The van der Waals surface area contributed by atoms with E-state index < -0.39 is 0 Å². The molecule has 18 heavy (non-hydrogen) atoms. The van der Waals surface area contributed by atoms with Crippen molar-refractivity contribution in [1.29, 1.82) is 0 Å². The van der Waals surface area contributed by atoms with Crippen molar-refractivity contribution in [2.24, 2.45) is 0 Å². The molecular weight excluding hydrogens is 230 g/mol. The van der Waals surface area contributed by atoms with Gasteiger partial charge in [-0.1, -0.05) is 0 Å². The normalized spacial score (nSPS) is 16.7. The fourth-order valence-electron chi connectivity index (χ4n) is 2.24. The van der Waals surface area contributed by atoms with E-state index in [1.807, 2.05) is 11.0 Å². The van der Waals surface area contributed by atoms with Gasteiger partial charge < -0.3 is 15.0 Å². The van der Waals surface area contributed by atoms with Crippen molar-refractivity contribution in [2.45, 2.75) is 18.9 Å². The fourth-order valence-corrected chi connectivity index (χ4v) is 2.24. The average molecular weight is 249 g/mol. The van der Waals surface area contributed by atoms with Gasteiger partial charge in [-0.2, -0.15) is 0 Å². The highest BCUT2D eigenvalue weighted by molar-refractivity contribution is 5.98. The van der Waals surface area contributed by atoms with E-state index in [4.69, 9.17) is 4.74 Å². The van der Waals surface area contributed by atoms with Gasteiger partial charge in [-0.05, 0) is 25.0 Å². The van der Waals surface area contributed by atoms with Gasteiger partial charge in [0.2, 0.25) is 0 Å². The van der Waals surface area contributed by atoms with Crippen LogP contribution in [0.25, 0.3) is 0 Å². The molecule has 1 N–H and O–H groups in total. The molecule has 0 aliphatic carbocycles. The van der Waals surface area contributed by atoms with Gasteiger partial charge in [-0.3, -0.25) is 4.79 Å². The number of carbonyl (C=O) groups is 1. The lowest BCUT2D eigenvalue weighted by Gasteiger charge is -2.31. The summed E-state index contributed by atoms with van der Waals surface area (Å²) in [6.07, 6.45) is 3.76. The summed E-state index contributed by atoms with van der Waals surface area (Å²) < 4.78 is 5.31. The van der Waals surface area contributed by atoms with E-state index in [1.54, 1.807) is 26.4 Å². The molecule has 1 aromatic rings. The van der Waals surface area contributed by atoms with Gasteiger partial charge in [0.05, 0.1) is 11.7 Å². The number of aromatic nitrogens is 1. The maximum atomic E-state index is 12.4. The Balaban J connectivity index is 2.08. The Kier molecular flexibility index (Phi) is 4.15. The van der Waals surface area contributed by atoms with Crippen molar-refractivity contribution in [3.8, 4) is 0 Å². The first kappa shape index (κ1) is 12.8. The second kappa shape index (κ2) is 5.82. The lowest BCUT2D eigenvalue weighted by molar-refractivity contribution is 0.0351. The van der Waals surface area contributed by atoms with Crippen LogP contribution in [0.4, 0.5) is 5.82 Å². The summed E-state index contributed by atoms with van der Waals surface area (Å²) in [4.78, 5) is 18.4. The van der Waals surface area contributed by atoms with Gasteiger partial charge in [0.15, 0.2) is 0 Å². The molecule has 5 nitrogen and oxygen atoms in total. The van der Waals surface area contributed by atoms with Crippen LogP contribution in [0, 0.1) is 0 Å². The molecule has 2 rings (SSSR count). The molecule has 1 amide bonds. The van der Waals surface area contributed by atoms with E-state index in [0.29, 0.717) is 11.4 Å². The number of anilines is 1. The summed E-state index contributed by atoms with van der Waals surface area (Å²) in [5.41, 5.74) is 0.635. The molecule has 0 unspecified atom stereocenters. The maximum Gasteiger partial charge on any atom is 0.257 e. The number of carbonyl (C=O) groups excluding carboxylic acids is 1. The molecule has 0 spiro atoms. The van der Waals surface area contributed by atoms with Crippen LogP contribution in [-0.4, -0.2) is 49.1 Å². The second-order valence-electron chi connectivity index (χ2n) is 4.38. The largest absolute Gasteiger partial charge is 0.381 e. The maximum absolute atomic E-state index is 12.4. The zero-order chi connectivity index (χ0) is 13.0. The van der Waals surface area contributed by atoms with Crippen molar-refractivity contribution in [1.82, 2.24) is 9.88 Å².